The zero-order chi connectivity index (χ0) is 41.0. The standard InChI is InChI=1S/C57H37N5/c1-5-18-38(19-6-1)40-32-34-42(35-33-40)55-58-56(44-25-17-24-43(36-44)39-20-7-2-8-21-39)60-57(59-55)62-50-31-16-14-29-47(50)53-52-46-28-13-15-30-49(46)61(45-26-11-4-12-27-45)51(52)37-48(54(53)62)41-22-9-3-10-23-41/h1-37H. The molecule has 0 unspecified atom stereocenters. The van der Waals surface area contributed by atoms with E-state index >= 15 is 0 Å². The molecule has 3 heterocycles. The number of hydrogen-bond acceptors (Lipinski definition) is 3. The van der Waals surface area contributed by atoms with E-state index in [0.717, 1.165) is 83.0 Å². The maximum atomic E-state index is 5.44. The molecule has 0 spiro atoms. The van der Waals surface area contributed by atoms with Crippen molar-refractivity contribution in [3.8, 4) is 67.8 Å². The lowest BCUT2D eigenvalue weighted by Crippen LogP contribution is -2.07. The molecule has 12 rings (SSSR count). The molecule has 9 aromatic carbocycles. The number of para-hydroxylation sites is 3. The van der Waals surface area contributed by atoms with Crippen LogP contribution in [-0.4, -0.2) is 24.1 Å². The molecule has 5 heteroatoms. The van der Waals surface area contributed by atoms with Crippen molar-refractivity contribution in [2.45, 2.75) is 0 Å². The zero-order valence-electron chi connectivity index (χ0n) is 33.6. The highest BCUT2D eigenvalue weighted by atomic mass is 15.2. The molecule has 0 aliphatic carbocycles. The van der Waals surface area contributed by atoms with Crippen LogP contribution in [0.2, 0.25) is 0 Å². The van der Waals surface area contributed by atoms with Crippen molar-refractivity contribution in [3.63, 3.8) is 0 Å². The fourth-order valence-electron chi connectivity index (χ4n) is 9.15. The summed E-state index contributed by atoms with van der Waals surface area (Å²) < 4.78 is 4.68. The molecule has 290 valence electrons. The van der Waals surface area contributed by atoms with Crippen LogP contribution in [-0.2, 0) is 0 Å². The Morgan fingerprint density at radius 2 is 0.758 bits per heavy atom. The number of rotatable bonds is 7. The van der Waals surface area contributed by atoms with Gasteiger partial charge in [-0.3, -0.25) is 4.57 Å². The third kappa shape index (κ3) is 5.90. The lowest BCUT2D eigenvalue weighted by Gasteiger charge is -2.15. The third-order valence-electron chi connectivity index (χ3n) is 12.0. The Bertz CT molecular complexity index is 3590. The zero-order valence-corrected chi connectivity index (χ0v) is 33.6. The average molecular weight is 792 g/mol. The Balaban J connectivity index is 1.19. The van der Waals surface area contributed by atoms with Gasteiger partial charge in [-0.25, -0.2) is 4.98 Å². The van der Waals surface area contributed by atoms with Crippen LogP contribution < -0.4 is 0 Å². The quantitative estimate of drug-likeness (QED) is 0.162. The predicted octanol–water partition coefficient (Wildman–Crippen LogP) is 14.4. The summed E-state index contributed by atoms with van der Waals surface area (Å²) in [5.74, 6) is 1.75. The second kappa shape index (κ2) is 14.7. The van der Waals surface area contributed by atoms with E-state index in [2.05, 4.69) is 221 Å². The van der Waals surface area contributed by atoms with Crippen molar-refractivity contribution in [2.24, 2.45) is 0 Å². The first-order valence-electron chi connectivity index (χ1n) is 21.0. The molecule has 0 bridgehead atoms. The molecule has 0 amide bonds. The first-order valence-corrected chi connectivity index (χ1v) is 21.0. The smallest absolute Gasteiger partial charge is 0.238 e. The van der Waals surface area contributed by atoms with Crippen LogP contribution in [0.5, 0.6) is 0 Å². The van der Waals surface area contributed by atoms with Gasteiger partial charge >= 0.3 is 0 Å². The summed E-state index contributed by atoms with van der Waals surface area (Å²) in [5.41, 5.74) is 14.0. The molecule has 0 saturated carbocycles. The van der Waals surface area contributed by atoms with Gasteiger partial charge in [0, 0.05) is 43.9 Å². The Morgan fingerprint density at radius 3 is 1.42 bits per heavy atom. The van der Waals surface area contributed by atoms with E-state index < -0.39 is 0 Å². The van der Waals surface area contributed by atoms with E-state index in [1.54, 1.807) is 0 Å². The number of fused-ring (bicyclic) bond motifs is 7. The molecule has 0 fully saturated rings. The molecule has 0 saturated heterocycles. The van der Waals surface area contributed by atoms with Crippen molar-refractivity contribution >= 4 is 43.6 Å². The van der Waals surface area contributed by atoms with Gasteiger partial charge in [-0.2, -0.15) is 9.97 Å². The van der Waals surface area contributed by atoms with Gasteiger partial charge in [0.25, 0.3) is 0 Å². The molecule has 12 aromatic rings. The molecule has 5 nitrogen and oxygen atoms in total. The van der Waals surface area contributed by atoms with Gasteiger partial charge in [-0.05, 0) is 64.2 Å². The molecule has 0 atom stereocenters. The molecule has 0 aliphatic rings. The lowest BCUT2D eigenvalue weighted by atomic mass is 9.98. The number of hydrogen-bond donors (Lipinski definition) is 0. The molecular weight excluding hydrogens is 755 g/mol. The van der Waals surface area contributed by atoms with Crippen LogP contribution in [0.15, 0.2) is 224 Å². The van der Waals surface area contributed by atoms with Crippen molar-refractivity contribution in [3.05, 3.63) is 224 Å². The van der Waals surface area contributed by atoms with Gasteiger partial charge in [-0.1, -0.05) is 188 Å². The van der Waals surface area contributed by atoms with Crippen molar-refractivity contribution in [2.75, 3.05) is 0 Å². The second-order valence-corrected chi connectivity index (χ2v) is 15.6. The van der Waals surface area contributed by atoms with E-state index in [4.69, 9.17) is 15.0 Å². The minimum Gasteiger partial charge on any atom is -0.309 e. The number of benzene rings is 9. The van der Waals surface area contributed by atoms with E-state index in [9.17, 15) is 0 Å². The van der Waals surface area contributed by atoms with Gasteiger partial charge in [0.2, 0.25) is 5.95 Å². The summed E-state index contributed by atoms with van der Waals surface area (Å²) in [5, 5.41) is 4.66. The Labute approximate surface area is 358 Å². The monoisotopic (exact) mass is 791 g/mol. The van der Waals surface area contributed by atoms with Gasteiger partial charge in [0.1, 0.15) is 0 Å². The maximum absolute atomic E-state index is 5.44. The molecule has 0 aliphatic heterocycles. The van der Waals surface area contributed by atoms with E-state index in [1.165, 1.54) is 10.8 Å². The average Bonchev–Trinajstić information content (AvgIpc) is 3.88. The summed E-state index contributed by atoms with van der Waals surface area (Å²) in [6.45, 7) is 0. The van der Waals surface area contributed by atoms with E-state index in [0.29, 0.717) is 17.6 Å². The molecule has 3 aromatic heterocycles. The minimum absolute atomic E-state index is 0.553. The molecule has 0 N–H and O–H groups in total. The second-order valence-electron chi connectivity index (χ2n) is 15.6. The van der Waals surface area contributed by atoms with Gasteiger partial charge in [0.05, 0.1) is 22.1 Å². The normalized spacial score (nSPS) is 11.5. The summed E-state index contributed by atoms with van der Waals surface area (Å²) in [4.78, 5) is 16.1. The molecular formula is C57H37N5. The number of nitrogens with zero attached hydrogens (tertiary/aromatic N) is 5. The largest absolute Gasteiger partial charge is 0.309 e. The van der Waals surface area contributed by atoms with Gasteiger partial charge in [-0.15, -0.1) is 0 Å². The summed E-state index contributed by atoms with van der Waals surface area (Å²) >= 11 is 0. The van der Waals surface area contributed by atoms with Crippen LogP contribution in [0, 0.1) is 0 Å². The van der Waals surface area contributed by atoms with Crippen LogP contribution in [0.3, 0.4) is 0 Å². The van der Waals surface area contributed by atoms with Gasteiger partial charge < -0.3 is 4.57 Å². The highest BCUT2D eigenvalue weighted by molar-refractivity contribution is 6.31. The highest BCUT2D eigenvalue weighted by Crippen LogP contribution is 2.46. The summed E-state index contributed by atoms with van der Waals surface area (Å²) in [7, 11) is 0. The highest BCUT2D eigenvalue weighted by Gasteiger charge is 2.26. The lowest BCUT2D eigenvalue weighted by molar-refractivity contribution is 0.954. The minimum atomic E-state index is 0.553. The fourth-order valence-corrected chi connectivity index (χ4v) is 9.15. The van der Waals surface area contributed by atoms with Crippen molar-refractivity contribution < 1.29 is 0 Å². The molecule has 0 radical (unpaired) electrons. The third-order valence-corrected chi connectivity index (χ3v) is 12.0. The van der Waals surface area contributed by atoms with Crippen LogP contribution in [0.1, 0.15) is 0 Å². The van der Waals surface area contributed by atoms with Crippen molar-refractivity contribution in [1.29, 1.82) is 0 Å². The Morgan fingerprint density at radius 1 is 0.290 bits per heavy atom. The molecule has 62 heavy (non-hydrogen) atoms. The Hall–Kier alpha value is -8.41. The first-order chi connectivity index (χ1) is 30.8. The predicted molar refractivity (Wildman–Crippen MR) is 256 cm³/mol. The van der Waals surface area contributed by atoms with Crippen LogP contribution in [0.4, 0.5) is 0 Å². The summed E-state index contributed by atoms with van der Waals surface area (Å²) in [6.07, 6.45) is 0. The topological polar surface area (TPSA) is 48.5 Å². The SMILES string of the molecule is c1ccc(-c2ccc(-c3nc(-c4cccc(-c5ccccc5)c4)nc(-n4c5ccccc5c5c6c7ccccc7n(-c7ccccc7)c6cc(-c6ccccc6)c54)n3)cc2)cc1. The maximum Gasteiger partial charge on any atom is 0.238 e. The van der Waals surface area contributed by atoms with E-state index in [-0.39, 0.29) is 0 Å². The van der Waals surface area contributed by atoms with Crippen LogP contribution in [0.25, 0.3) is 111 Å². The van der Waals surface area contributed by atoms with Gasteiger partial charge in [0.15, 0.2) is 11.6 Å². The van der Waals surface area contributed by atoms with E-state index in [1.807, 2.05) is 12.1 Å². The summed E-state index contributed by atoms with van der Waals surface area (Å²) in [6, 6.07) is 79.1. The Kier molecular flexibility index (Phi) is 8.42. The fraction of sp³-hybridized carbons (Fsp3) is 0. The van der Waals surface area contributed by atoms with Crippen LogP contribution >= 0.6 is 0 Å². The van der Waals surface area contributed by atoms with Crippen molar-refractivity contribution in [1.82, 2.24) is 24.1 Å². The first kappa shape index (κ1) is 35.5. The number of aromatic nitrogens is 5.